The summed E-state index contributed by atoms with van der Waals surface area (Å²) in [7, 11) is 1.55. The fraction of sp³-hybridized carbons (Fsp3) is 0.316. The molecular weight excluding hydrogens is 304 g/mol. The number of benzene rings is 1. The third kappa shape index (κ3) is 2.12. The van der Waals surface area contributed by atoms with Gasteiger partial charge in [0, 0.05) is 18.7 Å². The lowest BCUT2D eigenvalue weighted by Crippen LogP contribution is -2.36. The molecule has 5 heteroatoms. The van der Waals surface area contributed by atoms with Gasteiger partial charge in [0.05, 0.1) is 19.1 Å². The van der Waals surface area contributed by atoms with Crippen molar-refractivity contribution in [2.45, 2.75) is 31.2 Å². The van der Waals surface area contributed by atoms with Crippen LogP contribution in [0.5, 0.6) is 5.88 Å². The van der Waals surface area contributed by atoms with Crippen LogP contribution in [-0.2, 0) is 28.0 Å². The molecule has 1 aromatic heterocycles. The number of carbonyl (C=O) groups is 2. The van der Waals surface area contributed by atoms with E-state index in [-0.39, 0.29) is 24.8 Å². The molecule has 1 saturated heterocycles. The van der Waals surface area contributed by atoms with E-state index < -0.39 is 5.41 Å². The highest BCUT2D eigenvalue weighted by Gasteiger charge is 2.55. The molecule has 1 atom stereocenters. The molecule has 0 bridgehead atoms. The van der Waals surface area contributed by atoms with Crippen molar-refractivity contribution in [3.05, 3.63) is 59.3 Å². The second-order valence-corrected chi connectivity index (χ2v) is 6.41. The maximum absolute atomic E-state index is 13.1. The van der Waals surface area contributed by atoms with Crippen LogP contribution in [0.3, 0.4) is 0 Å². The summed E-state index contributed by atoms with van der Waals surface area (Å²) < 4.78 is 5.04. The normalized spacial score (nSPS) is 22.3. The van der Waals surface area contributed by atoms with E-state index in [9.17, 15) is 9.59 Å². The number of rotatable bonds is 3. The van der Waals surface area contributed by atoms with Gasteiger partial charge in [0.1, 0.15) is 0 Å². The molecule has 1 aromatic carbocycles. The summed E-state index contributed by atoms with van der Waals surface area (Å²) in [5.74, 6) is 0.333. The standard InChI is InChI=1S/C19H18N2O3/c1-24-16-7-6-13(11-20-16)12-21-17(22)10-19(18(21)23)9-8-14-4-2-3-5-15(14)19/h2-7,11H,8-10,12H2,1H3. The number of carbonyl (C=O) groups excluding carboxylic acids is 2. The molecule has 2 aliphatic rings. The van der Waals surface area contributed by atoms with Crippen molar-refractivity contribution >= 4 is 11.8 Å². The van der Waals surface area contributed by atoms with E-state index in [0.29, 0.717) is 12.3 Å². The average Bonchev–Trinajstić information content (AvgIpc) is 3.10. The zero-order valence-electron chi connectivity index (χ0n) is 13.5. The number of fused-ring (bicyclic) bond motifs is 2. The third-order valence-electron chi connectivity index (χ3n) is 5.11. The Hall–Kier alpha value is -2.69. The van der Waals surface area contributed by atoms with E-state index in [0.717, 1.165) is 17.5 Å². The maximum Gasteiger partial charge on any atom is 0.240 e. The molecule has 122 valence electrons. The number of nitrogens with zero attached hydrogens (tertiary/aromatic N) is 2. The topological polar surface area (TPSA) is 59.5 Å². The van der Waals surface area contributed by atoms with Crippen LogP contribution >= 0.6 is 0 Å². The fourth-order valence-corrected chi connectivity index (χ4v) is 3.86. The quantitative estimate of drug-likeness (QED) is 0.813. The number of methoxy groups -OCH3 is 1. The van der Waals surface area contributed by atoms with Gasteiger partial charge in [0.2, 0.25) is 17.7 Å². The number of amides is 2. The van der Waals surface area contributed by atoms with Crippen molar-refractivity contribution in [2.24, 2.45) is 0 Å². The lowest BCUT2D eigenvalue weighted by atomic mass is 9.80. The van der Waals surface area contributed by atoms with Crippen molar-refractivity contribution in [3.8, 4) is 5.88 Å². The van der Waals surface area contributed by atoms with Crippen LogP contribution in [0.1, 0.15) is 29.5 Å². The number of hydrogen-bond acceptors (Lipinski definition) is 4. The van der Waals surface area contributed by atoms with Crippen molar-refractivity contribution in [3.63, 3.8) is 0 Å². The highest BCUT2D eigenvalue weighted by atomic mass is 16.5. The minimum atomic E-state index is -0.659. The van der Waals surface area contributed by atoms with Crippen LogP contribution in [0.4, 0.5) is 0 Å². The zero-order valence-corrected chi connectivity index (χ0v) is 13.5. The van der Waals surface area contributed by atoms with Crippen LogP contribution in [-0.4, -0.2) is 28.8 Å². The van der Waals surface area contributed by atoms with Crippen molar-refractivity contribution in [2.75, 3.05) is 7.11 Å². The molecule has 2 amide bonds. The molecule has 1 fully saturated rings. The minimum absolute atomic E-state index is 0.0757. The minimum Gasteiger partial charge on any atom is -0.481 e. The summed E-state index contributed by atoms with van der Waals surface area (Å²) in [6, 6.07) is 11.5. The Morgan fingerprint density at radius 2 is 2.04 bits per heavy atom. The van der Waals surface area contributed by atoms with Gasteiger partial charge in [-0.2, -0.15) is 0 Å². The van der Waals surface area contributed by atoms with E-state index in [2.05, 4.69) is 11.1 Å². The predicted octanol–water partition coefficient (Wildman–Crippen LogP) is 2.23. The molecule has 1 unspecified atom stereocenters. The first-order valence-corrected chi connectivity index (χ1v) is 8.06. The number of ether oxygens (including phenoxy) is 1. The van der Waals surface area contributed by atoms with Gasteiger partial charge in [0.25, 0.3) is 0 Å². The summed E-state index contributed by atoms with van der Waals surface area (Å²) in [5, 5.41) is 0. The third-order valence-corrected chi connectivity index (χ3v) is 5.11. The Morgan fingerprint density at radius 3 is 2.79 bits per heavy atom. The molecule has 0 saturated carbocycles. The van der Waals surface area contributed by atoms with Gasteiger partial charge in [-0.1, -0.05) is 30.3 Å². The molecule has 0 radical (unpaired) electrons. The summed E-state index contributed by atoms with van der Waals surface area (Å²) in [4.78, 5) is 31.2. The summed E-state index contributed by atoms with van der Waals surface area (Å²) >= 11 is 0. The number of aromatic nitrogens is 1. The van der Waals surface area contributed by atoms with Gasteiger partial charge >= 0.3 is 0 Å². The van der Waals surface area contributed by atoms with E-state index >= 15 is 0 Å². The smallest absolute Gasteiger partial charge is 0.240 e. The highest BCUT2D eigenvalue weighted by molar-refractivity contribution is 6.09. The monoisotopic (exact) mass is 322 g/mol. The van der Waals surface area contributed by atoms with Crippen molar-refractivity contribution in [1.82, 2.24) is 9.88 Å². The first-order valence-electron chi connectivity index (χ1n) is 8.06. The van der Waals surface area contributed by atoms with E-state index in [1.807, 2.05) is 24.3 Å². The molecule has 2 aromatic rings. The molecule has 24 heavy (non-hydrogen) atoms. The molecule has 1 aliphatic carbocycles. The van der Waals surface area contributed by atoms with Crippen LogP contribution in [0.25, 0.3) is 0 Å². The first-order chi connectivity index (χ1) is 11.6. The number of likely N-dealkylation sites (tertiary alicyclic amines) is 1. The Kier molecular flexibility index (Phi) is 3.37. The lowest BCUT2D eigenvalue weighted by Gasteiger charge is -2.22. The van der Waals surface area contributed by atoms with E-state index in [1.165, 1.54) is 10.5 Å². The van der Waals surface area contributed by atoms with Crippen molar-refractivity contribution in [1.29, 1.82) is 0 Å². The molecule has 1 spiro atoms. The molecule has 1 aliphatic heterocycles. The number of imide groups is 1. The predicted molar refractivity (Wildman–Crippen MR) is 87.4 cm³/mol. The first kappa shape index (κ1) is 14.9. The Labute approximate surface area is 140 Å². The zero-order chi connectivity index (χ0) is 16.7. The largest absolute Gasteiger partial charge is 0.481 e. The van der Waals surface area contributed by atoms with E-state index in [4.69, 9.17) is 4.74 Å². The van der Waals surface area contributed by atoms with Crippen LogP contribution in [0.15, 0.2) is 42.6 Å². The van der Waals surface area contributed by atoms with Gasteiger partial charge in [-0.15, -0.1) is 0 Å². The molecular formula is C19H18N2O3. The SMILES string of the molecule is COc1ccc(CN2C(=O)CC3(CCc4ccccc43)C2=O)cn1. The number of pyridine rings is 1. The summed E-state index contributed by atoms with van der Waals surface area (Å²) in [6.45, 7) is 0.262. The molecule has 4 rings (SSSR count). The Bertz CT molecular complexity index is 816. The highest BCUT2D eigenvalue weighted by Crippen LogP contribution is 2.47. The van der Waals surface area contributed by atoms with E-state index in [1.54, 1.807) is 19.4 Å². The van der Waals surface area contributed by atoms with Crippen LogP contribution in [0.2, 0.25) is 0 Å². The van der Waals surface area contributed by atoms with Gasteiger partial charge in [-0.25, -0.2) is 4.98 Å². The molecule has 0 N–H and O–H groups in total. The summed E-state index contributed by atoms with van der Waals surface area (Å²) in [5.41, 5.74) is 2.37. The van der Waals surface area contributed by atoms with Gasteiger partial charge in [0.15, 0.2) is 0 Å². The second kappa shape index (κ2) is 5.44. The lowest BCUT2D eigenvalue weighted by molar-refractivity contribution is -0.140. The average molecular weight is 322 g/mol. The second-order valence-electron chi connectivity index (χ2n) is 6.41. The molecule has 2 heterocycles. The Balaban J connectivity index is 1.63. The number of aryl methyl sites for hydroxylation is 1. The van der Waals surface area contributed by atoms with Gasteiger partial charge < -0.3 is 4.74 Å². The molecule has 5 nitrogen and oxygen atoms in total. The van der Waals surface area contributed by atoms with Crippen LogP contribution in [0, 0.1) is 0 Å². The maximum atomic E-state index is 13.1. The fourth-order valence-electron chi connectivity index (χ4n) is 3.86. The van der Waals surface area contributed by atoms with Crippen LogP contribution < -0.4 is 4.74 Å². The summed E-state index contributed by atoms with van der Waals surface area (Å²) in [6.07, 6.45) is 3.49. The number of hydrogen-bond donors (Lipinski definition) is 0. The van der Waals surface area contributed by atoms with Crippen molar-refractivity contribution < 1.29 is 14.3 Å². The van der Waals surface area contributed by atoms with Gasteiger partial charge in [-0.3, -0.25) is 14.5 Å². The van der Waals surface area contributed by atoms with Gasteiger partial charge in [-0.05, 0) is 29.5 Å². The Morgan fingerprint density at radius 1 is 1.21 bits per heavy atom.